The highest BCUT2D eigenvalue weighted by Gasteiger charge is 2.22. The number of phenols is 1. The number of phenolic OH excluding ortho intramolecular Hbond substituents is 1. The average molecular weight is 362 g/mol. The molecule has 3 nitrogen and oxygen atoms in total. The lowest BCUT2D eigenvalue weighted by molar-refractivity contribution is 0.0697. The maximum atomic E-state index is 10.5. The molecule has 0 saturated heterocycles. The van der Waals surface area contributed by atoms with E-state index in [1.54, 1.807) is 12.1 Å². The van der Waals surface area contributed by atoms with Crippen LogP contribution in [0.25, 0.3) is 0 Å². The molecule has 1 aliphatic rings. The summed E-state index contributed by atoms with van der Waals surface area (Å²) in [5, 5.41) is 20.0. The van der Waals surface area contributed by atoms with Crippen LogP contribution in [-0.4, -0.2) is 40.3 Å². The van der Waals surface area contributed by atoms with Gasteiger partial charge in [0, 0.05) is 6.04 Å². The second-order valence-corrected chi connectivity index (χ2v) is 8.08. The number of rotatable bonds is 11. The highest BCUT2D eigenvalue weighted by atomic mass is 16.3. The van der Waals surface area contributed by atoms with Crippen LogP contribution >= 0.6 is 0 Å². The van der Waals surface area contributed by atoms with Gasteiger partial charge in [-0.25, -0.2) is 0 Å². The summed E-state index contributed by atoms with van der Waals surface area (Å²) in [5.74, 6) is 0.881. The molecule has 0 radical (unpaired) electrons. The first kappa shape index (κ1) is 21.2. The summed E-state index contributed by atoms with van der Waals surface area (Å²) in [6.45, 7) is 6.71. The maximum Gasteiger partial charge on any atom is 0.115 e. The number of hydrogen-bond acceptors (Lipinski definition) is 3. The molecule has 1 aliphatic carbocycles. The number of hydrogen-bond donors (Lipinski definition) is 2. The van der Waals surface area contributed by atoms with Gasteiger partial charge in [0.15, 0.2) is 0 Å². The highest BCUT2D eigenvalue weighted by Crippen LogP contribution is 2.28. The Bertz CT molecular complexity index is 481. The molecule has 148 valence electrons. The lowest BCUT2D eigenvalue weighted by Gasteiger charge is -2.32. The van der Waals surface area contributed by atoms with Crippen molar-refractivity contribution in [2.45, 2.75) is 90.2 Å². The third-order valence-electron chi connectivity index (χ3n) is 6.05. The molecule has 26 heavy (non-hydrogen) atoms. The summed E-state index contributed by atoms with van der Waals surface area (Å²) < 4.78 is 0. The quantitative estimate of drug-likeness (QED) is 0.573. The molecule has 1 saturated carbocycles. The van der Waals surface area contributed by atoms with Crippen molar-refractivity contribution in [3.63, 3.8) is 0 Å². The van der Waals surface area contributed by atoms with E-state index in [9.17, 15) is 10.2 Å². The third kappa shape index (κ3) is 6.92. The molecule has 0 aliphatic heterocycles. The predicted molar refractivity (Wildman–Crippen MR) is 110 cm³/mol. The predicted octanol–water partition coefficient (Wildman–Crippen LogP) is 5.15. The zero-order chi connectivity index (χ0) is 18.8. The van der Waals surface area contributed by atoms with Gasteiger partial charge in [-0.05, 0) is 81.6 Å². The molecule has 0 spiro atoms. The Morgan fingerprint density at radius 2 is 1.73 bits per heavy atom. The van der Waals surface area contributed by atoms with Gasteiger partial charge in [0.05, 0.1) is 6.10 Å². The van der Waals surface area contributed by atoms with Crippen LogP contribution in [0.3, 0.4) is 0 Å². The maximum absolute atomic E-state index is 10.5. The zero-order valence-corrected chi connectivity index (χ0v) is 16.9. The molecule has 2 N–H and O–H groups in total. The van der Waals surface area contributed by atoms with Gasteiger partial charge in [0.1, 0.15) is 5.75 Å². The third-order valence-corrected chi connectivity index (χ3v) is 6.05. The average Bonchev–Trinajstić information content (AvgIpc) is 2.67. The van der Waals surface area contributed by atoms with Gasteiger partial charge in [-0.1, -0.05) is 45.2 Å². The number of nitrogens with zero attached hydrogens (tertiary/aromatic N) is 1. The number of aromatic hydroxyl groups is 1. The van der Waals surface area contributed by atoms with Gasteiger partial charge in [-0.15, -0.1) is 0 Å². The van der Waals surface area contributed by atoms with Crippen molar-refractivity contribution >= 4 is 0 Å². The minimum atomic E-state index is -0.101. The van der Waals surface area contributed by atoms with Crippen molar-refractivity contribution in [2.24, 2.45) is 5.92 Å². The number of aliphatic hydroxyl groups excluding tert-OH is 1. The van der Waals surface area contributed by atoms with Crippen molar-refractivity contribution in [2.75, 3.05) is 13.1 Å². The van der Waals surface area contributed by atoms with Crippen LogP contribution in [0.2, 0.25) is 0 Å². The summed E-state index contributed by atoms with van der Waals surface area (Å²) >= 11 is 0. The lowest BCUT2D eigenvalue weighted by atomic mass is 9.84. The van der Waals surface area contributed by atoms with Crippen molar-refractivity contribution < 1.29 is 10.2 Å². The molecule has 0 amide bonds. The van der Waals surface area contributed by atoms with Crippen LogP contribution in [-0.2, 0) is 6.42 Å². The van der Waals surface area contributed by atoms with Crippen LogP contribution < -0.4 is 0 Å². The van der Waals surface area contributed by atoms with E-state index in [-0.39, 0.29) is 6.10 Å². The fraction of sp³-hybridized carbons (Fsp3) is 0.739. The smallest absolute Gasteiger partial charge is 0.115 e. The fourth-order valence-electron chi connectivity index (χ4n) is 4.46. The minimum Gasteiger partial charge on any atom is -0.508 e. The highest BCUT2D eigenvalue weighted by molar-refractivity contribution is 5.26. The Hall–Kier alpha value is -1.06. The monoisotopic (exact) mass is 361 g/mol. The molecule has 2 rings (SSSR count). The van der Waals surface area contributed by atoms with E-state index < -0.39 is 0 Å². The van der Waals surface area contributed by atoms with E-state index in [0.717, 1.165) is 45.2 Å². The van der Waals surface area contributed by atoms with Crippen LogP contribution in [0.4, 0.5) is 0 Å². The van der Waals surface area contributed by atoms with Crippen LogP contribution in [0.5, 0.6) is 5.75 Å². The van der Waals surface area contributed by atoms with E-state index in [0.29, 0.717) is 17.7 Å². The van der Waals surface area contributed by atoms with E-state index in [1.165, 1.54) is 37.7 Å². The van der Waals surface area contributed by atoms with Crippen molar-refractivity contribution in [3.8, 4) is 5.75 Å². The van der Waals surface area contributed by atoms with Gasteiger partial charge in [0.25, 0.3) is 0 Å². The summed E-state index contributed by atoms with van der Waals surface area (Å²) in [7, 11) is 0. The fourth-order valence-corrected chi connectivity index (χ4v) is 4.46. The van der Waals surface area contributed by atoms with Gasteiger partial charge in [-0.3, -0.25) is 0 Å². The normalized spacial score (nSPS) is 18.2. The molecule has 1 aromatic carbocycles. The molecular weight excluding hydrogens is 322 g/mol. The van der Waals surface area contributed by atoms with E-state index >= 15 is 0 Å². The Morgan fingerprint density at radius 1 is 1.04 bits per heavy atom. The molecule has 0 aromatic heterocycles. The zero-order valence-electron chi connectivity index (χ0n) is 16.9. The molecule has 1 fully saturated rings. The largest absolute Gasteiger partial charge is 0.508 e. The van der Waals surface area contributed by atoms with E-state index in [4.69, 9.17) is 0 Å². The topological polar surface area (TPSA) is 43.7 Å². The van der Waals surface area contributed by atoms with Crippen LogP contribution in [0.15, 0.2) is 24.3 Å². The number of aliphatic hydroxyl groups is 1. The summed E-state index contributed by atoms with van der Waals surface area (Å²) in [6, 6.07) is 8.18. The Kier molecular flexibility index (Phi) is 9.49. The van der Waals surface area contributed by atoms with Gasteiger partial charge >= 0.3 is 0 Å². The minimum absolute atomic E-state index is 0.101. The molecule has 0 bridgehead atoms. The molecular formula is C23H39NO2. The van der Waals surface area contributed by atoms with Crippen LogP contribution in [0.1, 0.15) is 77.2 Å². The lowest BCUT2D eigenvalue weighted by Crippen LogP contribution is -2.38. The SMILES string of the molecule is CCCN(CCCC(O)C1CCCCC1)C(CC)Cc1ccc(O)cc1. The molecule has 0 heterocycles. The van der Waals surface area contributed by atoms with E-state index in [1.807, 2.05) is 12.1 Å². The molecule has 3 heteroatoms. The van der Waals surface area contributed by atoms with Crippen molar-refractivity contribution in [3.05, 3.63) is 29.8 Å². The second-order valence-electron chi connectivity index (χ2n) is 8.08. The summed E-state index contributed by atoms with van der Waals surface area (Å²) in [4.78, 5) is 2.61. The molecule has 2 atom stereocenters. The van der Waals surface area contributed by atoms with Crippen molar-refractivity contribution in [1.82, 2.24) is 4.90 Å². The van der Waals surface area contributed by atoms with Gasteiger partial charge in [0.2, 0.25) is 0 Å². The molecule has 2 unspecified atom stereocenters. The van der Waals surface area contributed by atoms with Crippen molar-refractivity contribution in [1.29, 1.82) is 0 Å². The van der Waals surface area contributed by atoms with Gasteiger partial charge < -0.3 is 15.1 Å². The molecule has 1 aromatic rings. The standard InChI is InChI=1S/C23H39NO2/c1-3-16-24(17-8-11-23(26)20-9-6-5-7-10-20)21(4-2)18-19-12-14-22(25)15-13-19/h12-15,20-21,23,25-26H,3-11,16-18H2,1-2H3. The first-order valence-electron chi connectivity index (χ1n) is 10.8. The first-order chi connectivity index (χ1) is 12.6. The Balaban J connectivity index is 1.83. The summed E-state index contributed by atoms with van der Waals surface area (Å²) in [5.41, 5.74) is 1.29. The first-order valence-corrected chi connectivity index (χ1v) is 10.8. The Morgan fingerprint density at radius 3 is 2.35 bits per heavy atom. The summed E-state index contributed by atoms with van der Waals surface area (Å²) in [6.07, 6.45) is 11.6. The van der Waals surface area contributed by atoms with Crippen LogP contribution in [0, 0.1) is 5.92 Å². The number of benzene rings is 1. The second kappa shape index (κ2) is 11.6. The Labute approximate surface area is 160 Å². The van der Waals surface area contributed by atoms with Gasteiger partial charge in [-0.2, -0.15) is 0 Å². The van der Waals surface area contributed by atoms with E-state index in [2.05, 4.69) is 18.7 Å².